The summed E-state index contributed by atoms with van der Waals surface area (Å²) >= 11 is 0. The predicted molar refractivity (Wildman–Crippen MR) is 68.5 cm³/mol. The van der Waals surface area contributed by atoms with Gasteiger partial charge in [-0.05, 0) is 49.4 Å². The standard InChI is InChI=1S/C13H16FN3O2/c1-7-6-9(14)4-5-10(7)13(18)16-11(8-2-3-8)12(15)17-19/h4-6,8,11,19H,2-3H2,1H3,(H2,15,17)(H,16,18). The Hall–Kier alpha value is -2.11. The highest BCUT2D eigenvalue weighted by atomic mass is 19.1. The third kappa shape index (κ3) is 3.01. The molecule has 19 heavy (non-hydrogen) atoms. The summed E-state index contributed by atoms with van der Waals surface area (Å²) < 4.78 is 13.0. The lowest BCUT2D eigenvalue weighted by Crippen LogP contribution is -2.46. The van der Waals surface area contributed by atoms with E-state index in [1.807, 2.05) is 0 Å². The smallest absolute Gasteiger partial charge is 0.252 e. The summed E-state index contributed by atoms with van der Waals surface area (Å²) in [6.45, 7) is 1.66. The van der Waals surface area contributed by atoms with Crippen LogP contribution in [0.2, 0.25) is 0 Å². The minimum absolute atomic E-state index is 0.00406. The van der Waals surface area contributed by atoms with Crippen LogP contribution in [0.3, 0.4) is 0 Å². The lowest BCUT2D eigenvalue weighted by atomic mass is 10.1. The van der Waals surface area contributed by atoms with Crippen molar-refractivity contribution in [2.75, 3.05) is 0 Å². The molecular weight excluding hydrogens is 249 g/mol. The minimum atomic E-state index is -0.470. The maximum absolute atomic E-state index is 13.0. The molecule has 5 nitrogen and oxygen atoms in total. The minimum Gasteiger partial charge on any atom is -0.409 e. The lowest BCUT2D eigenvalue weighted by Gasteiger charge is -2.17. The zero-order valence-corrected chi connectivity index (χ0v) is 10.6. The molecular formula is C13H16FN3O2. The zero-order valence-electron chi connectivity index (χ0n) is 10.6. The number of benzene rings is 1. The fourth-order valence-electron chi connectivity index (χ4n) is 2.03. The van der Waals surface area contributed by atoms with E-state index in [0.29, 0.717) is 11.1 Å². The van der Waals surface area contributed by atoms with Gasteiger partial charge in [0.15, 0.2) is 5.84 Å². The Balaban J connectivity index is 2.15. The maximum Gasteiger partial charge on any atom is 0.252 e. The van der Waals surface area contributed by atoms with Gasteiger partial charge in [0.05, 0.1) is 6.04 Å². The Morgan fingerprint density at radius 1 is 1.58 bits per heavy atom. The number of amides is 1. The van der Waals surface area contributed by atoms with Crippen LogP contribution in [0.25, 0.3) is 0 Å². The van der Waals surface area contributed by atoms with Gasteiger partial charge in [0, 0.05) is 5.56 Å². The van der Waals surface area contributed by atoms with Gasteiger partial charge in [-0.15, -0.1) is 0 Å². The molecule has 1 atom stereocenters. The summed E-state index contributed by atoms with van der Waals surface area (Å²) in [5.41, 5.74) is 6.51. The van der Waals surface area contributed by atoms with Gasteiger partial charge in [-0.3, -0.25) is 4.79 Å². The number of carbonyl (C=O) groups is 1. The Morgan fingerprint density at radius 3 is 2.79 bits per heavy atom. The summed E-state index contributed by atoms with van der Waals surface area (Å²) in [6.07, 6.45) is 1.87. The van der Waals surface area contributed by atoms with Crippen LogP contribution in [0, 0.1) is 18.7 Å². The van der Waals surface area contributed by atoms with Crippen molar-refractivity contribution in [2.24, 2.45) is 16.8 Å². The second-order valence-electron chi connectivity index (χ2n) is 4.77. The van der Waals surface area contributed by atoms with Crippen LogP contribution in [0.1, 0.15) is 28.8 Å². The number of hydrogen-bond donors (Lipinski definition) is 3. The number of carbonyl (C=O) groups excluding carboxylic acids is 1. The molecule has 4 N–H and O–H groups in total. The second-order valence-corrected chi connectivity index (χ2v) is 4.77. The Labute approximate surface area is 110 Å². The van der Waals surface area contributed by atoms with Gasteiger partial charge in [0.2, 0.25) is 0 Å². The molecule has 1 fully saturated rings. The molecule has 0 spiro atoms. The van der Waals surface area contributed by atoms with Gasteiger partial charge in [0.25, 0.3) is 5.91 Å². The zero-order chi connectivity index (χ0) is 14.0. The van der Waals surface area contributed by atoms with Gasteiger partial charge in [-0.2, -0.15) is 0 Å². The van der Waals surface area contributed by atoms with Crippen molar-refractivity contribution in [3.05, 3.63) is 35.1 Å². The third-order valence-corrected chi connectivity index (χ3v) is 3.25. The first-order valence-corrected chi connectivity index (χ1v) is 6.07. The summed E-state index contributed by atoms with van der Waals surface area (Å²) in [5.74, 6) is -0.526. The van der Waals surface area contributed by atoms with Gasteiger partial charge < -0.3 is 16.3 Å². The number of nitrogens with zero attached hydrogens (tertiary/aromatic N) is 1. The van der Waals surface area contributed by atoms with E-state index in [4.69, 9.17) is 10.9 Å². The number of nitrogens with two attached hydrogens (primary N) is 1. The number of halogens is 1. The van der Waals surface area contributed by atoms with Crippen LogP contribution in [-0.2, 0) is 0 Å². The molecule has 1 unspecified atom stereocenters. The van der Waals surface area contributed by atoms with Crippen molar-refractivity contribution >= 4 is 11.7 Å². The molecule has 0 aromatic heterocycles. The van der Waals surface area contributed by atoms with E-state index >= 15 is 0 Å². The third-order valence-electron chi connectivity index (χ3n) is 3.25. The first-order chi connectivity index (χ1) is 9.02. The van der Waals surface area contributed by atoms with Crippen LogP contribution >= 0.6 is 0 Å². The molecule has 1 aromatic rings. The molecule has 1 aromatic carbocycles. The van der Waals surface area contributed by atoms with Gasteiger partial charge >= 0.3 is 0 Å². The Morgan fingerprint density at radius 2 is 2.26 bits per heavy atom. The highest BCUT2D eigenvalue weighted by molar-refractivity contribution is 5.99. The van der Waals surface area contributed by atoms with E-state index in [1.54, 1.807) is 6.92 Å². The largest absolute Gasteiger partial charge is 0.409 e. The number of rotatable bonds is 4. The lowest BCUT2D eigenvalue weighted by molar-refractivity contribution is 0.0942. The highest BCUT2D eigenvalue weighted by Crippen LogP contribution is 2.32. The second kappa shape index (κ2) is 5.26. The summed E-state index contributed by atoms with van der Waals surface area (Å²) in [4.78, 5) is 12.1. The molecule has 0 radical (unpaired) electrons. The first-order valence-electron chi connectivity index (χ1n) is 6.07. The topological polar surface area (TPSA) is 87.7 Å². The fraction of sp³-hybridized carbons (Fsp3) is 0.385. The first kappa shape index (κ1) is 13.3. The molecule has 0 saturated heterocycles. The molecule has 1 saturated carbocycles. The number of aryl methyl sites for hydroxylation is 1. The van der Waals surface area contributed by atoms with Gasteiger partial charge in [-0.25, -0.2) is 4.39 Å². The molecule has 0 bridgehead atoms. The molecule has 1 aliphatic rings. The molecule has 0 heterocycles. The highest BCUT2D eigenvalue weighted by Gasteiger charge is 2.35. The number of oxime groups is 1. The maximum atomic E-state index is 13.0. The van der Waals surface area contributed by atoms with Crippen LogP contribution in [0.4, 0.5) is 4.39 Å². The van der Waals surface area contributed by atoms with Crippen molar-refractivity contribution in [2.45, 2.75) is 25.8 Å². The Kier molecular flexibility index (Phi) is 3.69. The van der Waals surface area contributed by atoms with E-state index in [2.05, 4.69) is 10.5 Å². The van der Waals surface area contributed by atoms with Crippen molar-refractivity contribution in [3.63, 3.8) is 0 Å². The summed E-state index contributed by atoms with van der Waals surface area (Å²) in [7, 11) is 0. The summed E-state index contributed by atoms with van der Waals surface area (Å²) in [6, 6.07) is 3.49. The van der Waals surface area contributed by atoms with Crippen LogP contribution < -0.4 is 11.1 Å². The van der Waals surface area contributed by atoms with Crippen molar-refractivity contribution in [3.8, 4) is 0 Å². The Bertz CT molecular complexity index is 527. The van der Waals surface area contributed by atoms with Crippen molar-refractivity contribution in [1.82, 2.24) is 5.32 Å². The molecule has 6 heteroatoms. The van der Waals surface area contributed by atoms with E-state index in [9.17, 15) is 9.18 Å². The van der Waals surface area contributed by atoms with Crippen LogP contribution in [-0.4, -0.2) is 23.0 Å². The molecule has 1 aliphatic carbocycles. The van der Waals surface area contributed by atoms with Gasteiger partial charge in [-0.1, -0.05) is 5.16 Å². The number of hydrogen-bond acceptors (Lipinski definition) is 3. The van der Waals surface area contributed by atoms with E-state index in [1.165, 1.54) is 18.2 Å². The average Bonchev–Trinajstić information content (AvgIpc) is 3.19. The fourth-order valence-corrected chi connectivity index (χ4v) is 2.03. The normalized spacial score (nSPS) is 17.1. The summed E-state index contributed by atoms with van der Waals surface area (Å²) in [5, 5.41) is 14.4. The van der Waals surface area contributed by atoms with Crippen LogP contribution in [0.5, 0.6) is 0 Å². The van der Waals surface area contributed by atoms with Crippen molar-refractivity contribution < 1.29 is 14.4 Å². The van der Waals surface area contributed by atoms with E-state index in [0.717, 1.165) is 12.8 Å². The van der Waals surface area contributed by atoms with Gasteiger partial charge in [0.1, 0.15) is 5.82 Å². The van der Waals surface area contributed by atoms with E-state index < -0.39 is 6.04 Å². The predicted octanol–water partition coefficient (Wildman–Crippen LogP) is 1.39. The van der Waals surface area contributed by atoms with Crippen LogP contribution in [0.15, 0.2) is 23.4 Å². The monoisotopic (exact) mass is 265 g/mol. The molecule has 1 amide bonds. The molecule has 102 valence electrons. The van der Waals surface area contributed by atoms with E-state index in [-0.39, 0.29) is 23.5 Å². The quantitative estimate of drug-likeness (QED) is 0.333. The molecule has 2 rings (SSSR count). The SMILES string of the molecule is Cc1cc(F)ccc1C(=O)NC(/C(N)=N/O)C1CC1. The number of amidine groups is 1. The van der Waals surface area contributed by atoms with Crippen molar-refractivity contribution in [1.29, 1.82) is 0 Å². The number of nitrogens with one attached hydrogen (secondary N) is 1. The molecule has 0 aliphatic heterocycles. The average molecular weight is 265 g/mol.